The maximum absolute atomic E-state index is 14.4. The summed E-state index contributed by atoms with van der Waals surface area (Å²) in [5, 5.41) is 10.2. The van der Waals surface area contributed by atoms with Crippen LogP contribution in [0.2, 0.25) is 0 Å². The number of rotatable bonds is 4. The van der Waals surface area contributed by atoms with Crippen LogP contribution in [0, 0.1) is 11.6 Å². The van der Waals surface area contributed by atoms with Gasteiger partial charge in [-0.25, -0.2) is 8.78 Å². The molecule has 0 spiro atoms. The largest absolute Gasteiger partial charge is 0.503 e. The van der Waals surface area contributed by atoms with E-state index in [0.29, 0.717) is 0 Å². The third-order valence-corrected chi connectivity index (χ3v) is 4.12. The number of hydrogen-bond acceptors (Lipinski definition) is 3. The predicted molar refractivity (Wildman–Crippen MR) is 88.0 cm³/mol. The second-order valence-corrected chi connectivity index (χ2v) is 5.62. The van der Waals surface area contributed by atoms with E-state index in [2.05, 4.69) is 0 Å². The van der Waals surface area contributed by atoms with Gasteiger partial charge in [0.15, 0.2) is 11.5 Å². The molecule has 2 aromatic carbocycles. The lowest BCUT2D eigenvalue weighted by Gasteiger charge is -2.27. The van der Waals surface area contributed by atoms with Crippen molar-refractivity contribution in [2.24, 2.45) is 0 Å². The molecule has 0 saturated heterocycles. The van der Waals surface area contributed by atoms with Crippen LogP contribution in [0.25, 0.3) is 0 Å². The molecule has 1 aliphatic heterocycles. The Kier molecular flexibility index (Phi) is 4.35. The number of ketones is 1. The number of benzene rings is 2. The van der Waals surface area contributed by atoms with Gasteiger partial charge in [0.05, 0.1) is 11.6 Å². The van der Waals surface area contributed by atoms with Gasteiger partial charge in [0, 0.05) is 17.7 Å². The lowest BCUT2D eigenvalue weighted by Crippen LogP contribution is -2.31. The Hall–Kier alpha value is -3.02. The first kappa shape index (κ1) is 16.8. The molecule has 0 radical (unpaired) electrons. The molecular weight excluding hydrogens is 328 g/mol. The van der Waals surface area contributed by atoms with E-state index in [4.69, 9.17) is 0 Å². The van der Waals surface area contributed by atoms with E-state index in [1.807, 2.05) is 0 Å². The van der Waals surface area contributed by atoms with Crippen molar-refractivity contribution in [3.05, 3.63) is 77.1 Å². The molecule has 1 amide bonds. The zero-order valence-corrected chi connectivity index (χ0v) is 13.4. The average molecular weight is 343 g/mol. The summed E-state index contributed by atoms with van der Waals surface area (Å²) in [5.41, 5.74) is 0.00604. The number of aliphatic hydroxyl groups excluding tert-OH is 1. The molecule has 0 aliphatic carbocycles. The molecule has 4 nitrogen and oxygen atoms in total. The minimum atomic E-state index is -1.15. The summed E-state index contributed by atoms with van der Waals surface area (Å²) in [4.78, 5) is 25.9. The Labute approximate surface area is 143 Å². The maximum Gasteiger partial charge on any atom is 0.294 e. The summed E-state index contributed by atoms with van der Waals surface area (Å²) in [6.07, 6.45) is 0.0363. The summed E-state index contributed by atoms with van der Waals surface area (Å²) < 4.78 is 28.0. The molecule has 1 unspecified atom stereocenters. The van der Waals surface area contributed by atoms with Crippen LogP contribution in [-0.4, -0.2) is 16.8 Å². The monoisotopic (exact) mass is 343 g/mol. The molecule has 1 aliphatic rings. The molecule has 25 heavy (non-hydrogen) atoms. The summed E-state index contributed by atoms with van der Waals surface area (Å²) in [6, 6.07) is 9.68. The van der Waals surface area contributed by atoms with Crippen LogP contribution in [0.15, 0.2) is 59.9 Å². The van der Waals surface area contributed by atoms with E-state index in [1.54, 1.807) is 13.0 Å². The van der Waals surface area contributed by atoms with Crippen molar-refractivity contribution in [2.75, 3.05) is 4.90 Å². The van der Waals surface area contributed by atoms with E-state index >= 15 is 0 Å². The van der Waals surface area contributed by atoms with Crippen LogP contribution in [0.4, 0.5) is 14.5 Å². The smallest absolute Gasteiger partial charge is 0.294 e. The number of Topliss-reactive ketones (excluding diaryl/α,β-unsaturated/α-hetero) is 1. The number of amides is 1. The quantitative estimate of drug-likeness (QED) is 0.917. The van der Waals surface area contributed by atoms with Gasteiger partial charge in [-0.15, -0.1) is 0 Å². The Bertz CT molecular complexity index is 892. The summed E-state index contributed by atoms with van der Waals surface area (Å²) in [6.45, 7) is 1.58. The topological polar surface area (TPSA) is 57.6 Å². The third-order valence-electron chi connectivity index (χ3n) is 4.12. The normalized spacial score (nSPS) is 17.3. The van der Waals surface area contributed by atoms with E-state index < -0.39 is 35.1 Å². The summed E-state index contributed by atoms with van der Waals surface area (Å²) in [5.74, 6) is -3.29. The van der Waals surface area contributed by atoms with E-state index in [0.717, 1.165) is 11.0 Å². The van der Waals surface area contributed by atoms with E-state index in [-0.39, 0.29) is 23.2 Å². The van der Waals surface area contributed by atoms with Gasteiger partial charge in [0.1, 0.15) is 11.6 Å². The van der Waals surface area contributed by atoms with Gasteiger partial charge in [-0.05, 0) is 24.3 Å². The molecule has 128 valence electrons. The molecule has 0 fully saturated rings. The summed E-state index contributed by atoms with van der Waals surface area (Å²) in [7, 11) is 0. The van der Waals surface area contributed by atoms with Gasteiger partial charge in [-0.2, -0.15) is 0 Å². The molecule has 0 bridgehead atoms. The molecule has 1 atom stereocenters. The lowest BCUT2D eigenvalue weighted by atomic mass is 9.94. The first-order valence-corrected chi connectivity index (χ1v) is 7.75. The zero-order valence-electron chi connectivity index (χ0n) is 13.4. The van der Waals surface area contributed by atoms with Gasteiger partial charge in [-0.1, -0.05) is 31.2 Å². The van der Waals surface area contributed by atoms with Crippen molar-refractivity contribution in [1.29, 1.82) is 0 Å². The minimum absolute atomic E-state index is 0.0363. The average Bonchev–Trinajstić information content (AvgIpc) is 2.86. The number of anilines is 1. The molecule has 6 heteroatoms. The van der Waals surface area contributed by atoms with Crippen molar-refractivity contribution >= 4 is 17.4 Å². The fourth-order valence-electron chi connectivity index (χ4n) is 2.96. The molecular formula is C19H15F2NO3. The van der Waals surface area contributed by atoms with Gasteiger partial charge < -0.3 is 5.11 Å². The van der Waals surface area contributed by atoms with Crippen molar-refractivity contribution < 1.29 is 23.5 Å². The Morgan fingerprint density at radius 2 is 1.88 bits per heavy atom. The molecule has 3 rings (SSSR count). The third kappa shape index (κ3) is 2.80. The fraction of sp³-hybridized carbons (Fsp3) is 0.158. The van der Waals surface area contributed by atoms with Gasteiger partial charge in [0.25, 0.3) is 5.91 Å². The van der Waals surface area contributed by atoms with Crippen molar-refractivity contribution in [2.45, 2.75) is 19.4 Å². The summed E-state index contributed by atoms with van der Waals surface area (Å²) >= 11 is 0. The minimum Gasteiger partial charge on any atom is -0.503 e. The highest BCUT2D eigenvalue weighted by atomic mass is 19.1. The van der Waals surface area contributed by atoms with Crippen LogP contribution in [0.5, 0.6) is 0 Å². The second-order valence-electron chi connectivity index (χ2n) is 5.62. The van der Waals surface area contributed by atoms with Gasteiger partial charge in [-0.3, -0.25) is 14.5 Å². The van der Waals surface area contributed by atoms with Crippen molar-refractivity contribution in [3.8, 4) is 0 Å². The van der Waals surface area contributed by atoms with Crippen LogP contribution in [0.1, 0.15) is 24.9 Å². The van der Waals surface area contributed by atoms with Crippen molar-refractivity contribution in [3.63, 3.8) is 0 Å². The van der Waals surface area contributed by atoms with Gasteiger partial charge >= 0.3 is 0 Å². The highest BCUT2D eigenvalue weighted by Crippen LogP contribution is 2.42. The number of nitrogens with zero attached hydrogens (tertiary/aromatic N) is 1. The standard InChI is InChI=1S/C19H15F2NO3/c1-2-15(23)16-17(13-8-3-4-9-14(13)21)22(19(25)18(16)24)12-7-5-6-11(20)10-12/h3-10,17,24H,2H2,1H3. The number of carbonyl (C=O) groups is 2. The highest BCUT2D eigenvalue weighted by molar-refractivity contribution is 6.16. The molecule has 0 aromatic heterocycles. The molecule has 1 N–H and O–H groups in total. The molecule has 1 heterocycles. The molecule has 2 aromatic rings. The number of aliphatic hydroxyl groups is 1. The van der Waals surface area contributed by atoms with Crippen LogP contribution in [-0.2, 0) is 9.59 Å². The van der Waals surface area contributed by atoms with Crippen LogP contribution < -0.4 is 4.90 Å². The number of hydrogen-bond donors (Lipinski definition) is 1. The van der Waals surface area contributed by atoms with Crippen LogP contribution >= 0.6 is 0 Å². The number of halogens is 2. The lowest BCUT2D eigenvalue weighted by molar-refractivity contribution is -0.118. The zero-order chi connectivity index (χ0) is 18.1. The SMILES string of the molecule is CCC(=O)C1=C(O)C(=O)N(c2cccc(F)c2)C1c1ccccc1F. The number of carbonyl (C=O) groups excluding carboxylic acids is 2. The van der Waals surface area contributed by atoms with Gasteiger partial charge in [0.2, 0.25) is 0 Å². The first-order valence-electron chi connectivity index (χ1n) is 7.75. The Morgan fingerprint density at radius 1 is 1.16 bits per heavy atom. The fourth-order valence-corrected chi connectivity index (χ4v) is 2.96. The maximum atomic E-state index is 14.4. The predicted octanol–water partition coefficient (Wildman–Crippen LogP) is 3.84. The van der Waals surface area contributed by atoms with Crippen LogP contribution in [0.3, 0.4) is 0 Å². The van der Waals surface area contributed by atoms with Crippen molar-refractivity contribution in [1.82, 2.24) is 0 Å². The van der Waals surface area contributed by atoms with E-state index in [9.17, 15) is 23.5 Å². The Balaban J connectivity index is 2.23. The molecule has 0 saturated carbocycles. The first-order chi connectivity index (χ1) is 12.0. The highest BCUT2D eigenvalue weighted by Gasteiger charge is 2.44. The second kappa shape index (κ2) is 6.47. The Morgan fingerprint density at radius 3 is 2.52 bits per heavy atom. The van der Waals surface area contributed by atoms with E-state index in [1.165, 1.54) is 36.4 Å².